The molecule has 0 fully saturated rings. The van der Waals surface area contributed by atoms with Crippen LogP contribution in [0.15, 0.2) is 54.6 Å². The fourth-order valence-corrected chi connectivity index (χ4v) is 1.95. The van der Waals surface area contributed by atoms with Gasteiger partial charge in [0.05, 0.1) is 0 Å². The van der Waals surface area contributed by atoms with E-state index in [2.05, 4.69) is 0 Å². The van der Waals surface area contributed by atoms with E-state index >= 15 is 0 Å². The molecule has 0 N–H and O–H groups in total. The summed E-state index contributed by atoms with van der Waals surface area (Å²) in [7, 11) is 0. The van der Waals surface area contributed by atoms with Gasteiger partial charge < -0.3 is 9.47 Å². The normalized spacial score (nSPS) is 12.8. The van der Waals surface area contributed by atoms with Gasteiger partial charge in [0.2, 0.25) is 6.79 Å². The summed E-state index contributed by atoms with van der Waals surface area (Å²) in [5.74, 6) is 1.38. The minimum Gasteiger partial charge on any atom is -0.454 e. The summed E-state index contributed by atoms with van der Waals surface area (Å²) in [5.41, 5.74) is 1.52. The van der Waals surface area contributed by atoms with Crippen LogP contribution in [0.1, 0.15) is 15.9 Å². The van der Waals surface area contributed by atoms with Crippen molar-refractivity contribution in [2.75, 3.05) is 6.79 Å². The Morgan fingerprint density at radius 2 is 1.84 bits per heavy atom. The Hall–Kier alpha value is -2.55. The summed E-state index contributed by atoms with van der Waals surface area (Å²) in [4.78, 5) is 12.0. The number of fused-ring (bicyclic) bond motifs is 1. The summed E-state index contributed by atoms with van der Waals surface area (Å²) in [5, 5.41) is 0. The van der Waals surface area contributed by atoms with E-state index in [0.29, 0.717) is 17.1 Å². The average molecular weight is 252 g/mol. The molecule has 3 rings (SSSR count). The predicted molar refractivity (Wildman–Crippen MR) is 72.4 cm³/mol. The Kier molecular flexibility index (Phi) is 3.02. The number of hydrogen-bond acceptors (Lipinski definition) is 3. The van der Waals surface area contributed by atoms with Crippen LogP contribution in [-0.4, -0.2) is 12.6 Å². The zero-order valence-corrected chi connectivity index (χ0v) is 10.2. The van der Waals surface area contributed by atoms with Crippen molar-refractivity contribution in [2.24, 2.45) is 0 Å². The Labute approximate surface area is 111 Å². The van der Waals surface area contributed by atoms with E-state index in [9.17, 15) is 4.79 Å². The van der Waals surface area contributed by atoms with Crippen molar-refractivity contribution in [2.45, 2.75) is 0 Å². The van der Waals surface area contributed by atoms with E-state index in [4.69, 9.17) is 9.47 Å². The zero-order valence-electron chi connectivity index (χ0n) is 10.2. The first-order chi connectivity index (χ1) is 9.34. The van der Waals surface area contributed by atoms with Gasteiger partial charge in [-0.2, -0.15) is 0 Å². The van der Waals surface area contributed by atoms with Crippen molar-refractivity contribution in [1.82, 2.24) is 0 Å². The van der Waals surface area contributed by atoms with E-state index in [1.807, 2.05) is 36.4 Å². The van der Waals surface area contributed by atoms with Gasteiger partial charge in [-0.05, 0) is 18.2 Å². The Bertz CT molecular complexity index is 630. The number of ketones is 1. The topological polar surface area (TPSA) is 35.5 Å². The van der Waals surface area contributed by atoms with Crippen LogP contribution in [0.5, 0.6) is 11.5 Å². The first-order valence-electron chi connectivity index (χ1n) is 6.01. The maximum atomic E-state index is 12.0. The highest BCUT2D eigenvalue weighted by Gasteiger charge is 2.15. The maximum absolute atomic E-state index is 12.0. The third kappa shape index (κ3) is 2.36. The largest absolute Gasteiger partial charge is 0.454 e. The number of benzene rings is 2. The molecule has 0 radical (unpaired) electrons. The van der Waals surface area contributed by atoms with Crippen LogP contribution in [-0.2, 0) is 0 Å². The van der Waals surface area contributed by atoms with Gasteiger partial charge in [0.15, 0.2) is 17.3 Å². The van der Waals surface area contributed by atoms with Crippen LogP contribution >= 0.6 is 0 Å². The highest BCUT2D eigenvalue weighted by Crippen LogP contribution is 2.35. The standard InChI is InChI=1S/C16H12O3/c17-14(12-5-2-1-3-6-12)10-9-13-7-4-8-15-16(13)19-11-18-15/h1-10H,11H2/b10-9+. The lowest BCUT2D eigenvalue weighted by molar-refractivity contribution is 0.104. The molecule has 2 aromatic rings. The summed E-state index contributed by atoms with van der Waals surface area (Å²) in [6.07, 6.45) is 3.30. The number of ether oxygens (including phenoxy) is 2. The van der Waals surface area contributed by atoms with Gasteiger partial charge in [0.25, 0.3) is 0 Å². The number of allylic oxidation sites excluding steroid dienone is 1. The molecule has 3 heteroatoms. The van der Waals surface area contributed by atoms with E-state index in [0.717, 1.165) is 5.56 Å². The average Bonchev–Trinajstić information content (AvgIpc) is 2.94. The number of para-hydroxylation sites is 1. The van der Waals surface area contributed by atoms with Crippen LogP contribution in [0.25, 0.3) is 6.08 Å². The van der Waals surface area contributed by atoms with Crippen LogP contribution in [0.3, 0.4) is 0 Å². The lowest BCUT2D eigenvalue weighted by Crippen LogP contribution is -1.94. The molecule has 2 aromatic carbocycles. The molecule has 0 atom stereocenters. The molecule has 1 aliphatic heterocycles. The second-order valence-corrected chi connectivity index (χ2v) is 4.14. The number of carbonyl (C=O) groups is 1. The first kappa shape index (κ1) is 11.5. The molecule has 19 heavy (non-hydrogen) atoms. The molecule has 0 aromatic heterocycles. The van der Waals surface area contributed by atoms with Crippen LogP contribution in [0.2, 0.25) is 0 Å². The molecule has 0 bridgehead atoms. The molecule has 94 valence electrons. The molecule has 1 heterocycles. The van der Waals surface area contributed by atoms with Crippen molar-refractivity contribution in [3.8, 4) is 11.5 Å². The second kappa shape index (κ2) is 4.98. The third-order valence-electron chi connectivity index (χ3n) is 2.90. The third-order valence-corrected chi connectivity index (χ3v) is 2.90. The molecular formula is C16H12O3. The van der Waals surface area contributed by atoms with Crippen molar-refractivity contribution >= 4 is 11.9 Å². The SMILES string of the molecule is O=C(/C=C/c1cccc2c1OCO2)c1ccccc1. The fraction of sp³-hybridized carbons (Fsp3) is 0.0625. The summed E-state index contributed by atoms with van der Waals surface area (Å²) in [6, 6.07) is 14.8. The van der Waals surface area contributed by atoms with Crippen LogP contribution in [0.4, 0.5) is 0 Å². The number of carbonyl (C=O) groups excluding carboxylic acids is 1. The highest BCUT2D eigenvalue weighted by molar-refractivity contribution is 6.06. The summed E-state index contributed by atoms with van der Waals surface area (Å²) in [6.45, 7) is 0.229. The van der Waals surface area contributed by atoms with E-state index in [-0.39, 0.29) is 12.6 Å². The number of rotatable bonds is 3. The van der Waals surface area contributed by atoms with Crippen LogP contribution in [0, 0.1) is 0 Å². The number of hydrogen-bond donors (Lipinski definition) is 0. The predicted octanol–water partition coefficient (Wildman–Crippen LogP) is 3.31. The summed E-state index contributed by atoms with van der Waals surface area (Å²) >= 11 is 0. The minimum absolute atomic E-state index is 0.0304. The first-order valence-corrected chi connectivity index (χ1v) is 6.01. The fourth-order valence-electron chi connectivity index (χ4n) is 1.95. The smallest absolute Gasteiger partial charge is 0.231 e. The van der Waals surface area contributed by atoms with Crippen molar-refractivity contribution < 1.29 is 14.3 Å². The minimum atomic E-state index is -0.0304. The Morgan fingerprint density at radius 3 is 2.68 bits per heavy atom. The Morgan fingerprint density at radius 1 is 1.00 bits per heavy atom. The molecule has 0 saturated carbocycles. The van der Waals surface area contributed by atoms with Gasteiger partial charge in [-0.15, -0.1) is 0 Å². The molecule has 3 nitrogen and oxygen atoms in total. The molecular weight excluding hydrogens is 240 g/mol. The van der Waals surface area contributed by atoms with Crippen molar-refractivity contribution in [3.05, 3.63) is 65.7 Å². The molecule has 0 saturated heterocycles. The van der Waals surface area contributed by atoms with E-state index in [1.54, 1.807) is 24.3 Å². The Balaban J connectivity index is 1.84. The van der Waals surface area contributed by atoms with Crippen molar-refractivity contribution in [1.29, 1.82) is 0 Å². The van der Waals surface area contributed by atoms with E-state index < -0.39 is 0 Å². The highest BCUT2D eigenvalue weighted by atomic mass is 16.7. The molecule has 1 aliphatic rings. The molecule has 0 spiro atoms. The van der Waals surface area contributed by atoms with Crippen LogP contribution < -0.4 is 9.47 Å². The molecule has 0 amide bonds. The second-order valence-electron chi connectivity index (χ2n) is 4.14. The van der Waals surface area contributed by atoms with Gasteiger partial charge >= 0.3 is 0 Å². The monoisotopic (exact) mass is 252 g/mol. The van der Waals surface area contributed by atoms with Gasteiger partial charge in [0.1, 0.15) is 0 Å². The lowest BCUT2D eigenvalue weighted by Gasteiger charge is -2.00. The quantitative estimate of drug-likeness (QED) is 0.621. The summed E-state index contributed by atoms with van der Waals surface area (Å²) < 4.78 is 10.7. The van der Waals surface area contributed by atoms with E-state index in [1.165, 1.54) is 0 Å². The molecule has 0 unspecified atom stereocenters. The lowest BCUT2D eigenvalue weighted by atomic mass is 10.1. The van der Waals surface area contributed by atoms with Gasteiger partial charge in [-0.25, -0.2) is 0 Å². The van der Waals surface area contributed by atoms with Gasteiger partial charge in [-0.3, -0.25) is 4.79 Å². The van der Waals surface area contributed by atoms with Gasteiger partial charge in [0, 0.05) is 11.1 Å². The van der Waals surface area contributed by atoms with Crippen molar-refractivity contribution in [3.63, 3.8) is 0 Å². The van der Waals surface area contributed by atoms with Gasteiger partial charge in [-0.1, -0.05) is 42.5 Å². The zero-order chi connectivity index (χ0) is 13.1. The maximum Gasteiger partial charge on any atom is 0.231 e. The molecule has 0 aliphatic carbocycles.